The van der Waals surface area contributed by atoms with Gasteiger partial charge in [0.25, 0.3) is 5.91 Å². The summed E-state index contributed by atoms with van der Waals surface area (Å²) in [6.07, 6.45) is 0. The number of nitrogens with one attached hydrogen (secondary N) is 1. The quantitative estimate of drug-likeness (QED) is 0.451. The van der Waals surface area contributed by atoms with E-state index in [-0.39, 0.29) is 5.91 Å². The van der Waals surface area contributed by atoms with Gasteiger partial charge in [0.2, 0.25) is 0 Å². The van der Waals surface area contributed by atoms with Crippen LogP contribution >= 0.6 is 23.4 Å². The molecule has 1 N–H and O–H groups in total. The zero-order chi connectivity index (χ0) is 21.5. The second-order valence-corrected chi connectivity index (χ2v) is 7.87. The number of amides is 1. The lowest BCUT2D eigenvalue weighted by molar-refractivity contribution is 0.0948. The number of ether oxygens (including phenoxy) is 2. The van der Waals surface area contributed by atoms with E-state index in [1.54, 1.807) is 19.2 Å². The molecule has 0 saturated carbocycles. The van der Waals surface area contributed by atoms with Gasteiger partial charge in [-0.3, -0.25) is 4.79 Å². The van der Waals surface area contributed by atoms with E-state index in [1.807, 2.05) is 44.2 Å². The van der Waals surface area contributed by atoms with Gasteiger partial charge >= 0.3 is 0 Å². The molecule has 0 atom stereocenters. The molecule has 3 rings (SSSR count). The maximum Gasteiger partial charge on any atom is 0.252 e. The second-order valence-electron chi connectivity index (χ2n) is 6.44. The molecular formula is C22H23ClN2O4S. The van der Waals surface area contributed by atoms with Crippen molar-refractivity contribution in [2.24, 2.45) is 0 Å². The summed E-state index contributed by atoms with van der Waals surface area (Å²) in [5.74, 6) is 2.23. The van der Waals surface area contributed by atoms with Crippen molar-refractivity contribution in [2.75, 3.05) is 13.7 Å². The molecule has 0 aliphatic heterocycles. The molecule has 0 aliphatic rings. The van der Waals surface area contributed by atoms with Gasteiger partial charge in [-0.25, -0.2) is 0 Å². The monoisotopic (exact) mass is 446 g/mol. The molecule has 0 unspecified atom stereocenters. The number of aromatic nitrogens is 1. The minimum Gasteiger partial charge on any atom is -0.493 e. The normalized spacial score (nSPS) is 10.7. The van der Waals surface area contributed by atoms with Crippen LogP contribution in [0.5, 0.6) is 11.5 Å². The fraction of sp³-hybridized carbons (Fsp3) is 0.273. The summed E-state index contributed by atoms with van der Waals surface area (Å²) >= 11 is 7.84. The van der Waals surface area contributed by atoms with Gasteiger partial charge in [0.05, 0.1) is 35.7 Å². The summed E-state index contributed by atoms with van der Waals surface area (Å²) in [6, 6.07) is 12.9. The zero-order valence-corrected chi connectivity index (χ0v) is 18.6. The molecule has 0 spiro atoms. The van der Waals surface area contributed by atoms with Gasteiger partial charge in [-0.2, -0.15) is 0 Å². The van der Waals surface area contributed by atoms with E-state index in [0.29, 0.717) is 41.0 Å². The number of hydrogen-bond donors (Lipinski definition) is 1. The number of carbonyl (C=O) groups excluding carboxylic acids is 1. The molecule has 0 aliphatic carbocycles. The largest absolute Gasteiger partial charge is 0.493 e. The molecule has 1 amide bonds. The summed E-state index contributed by atoms with van der Waals surface area (Å²) in [5.41, 5.74) is 2.25. The van der Waals surface area contributed by atoms with E-state index in [4.69, 9.17) is 25.6 Å². The van der Waals surface area contributed by atoms with E-state index in [0.717, 1.165) is 21.9 Å². The van der Waals surface area contributed by atoms with Crippen LogP contribution in [0.4, 0.5) is 0 Å². The number of rotatable bonds is 9. The average molecular weight is 447 g/mol. The van der Waals surface area contributed by atoms with Crippen molar-refractivity contribution >= 4 is 29.3 Å². The van der Waals surface area contributed by atoms with E-state index >= 15 is 0 Å². The van der Waals surface area contributed by atoms with Crippen LogP contribution in [-0.2, 0) is 12.3 Å². The minimum atomic E-state index is -0.171. The third kappa shape index (κ3) is 5.49. The molecular weight excluding hydrogens is 424 g/mol. The van der Waals surface area contributed by atoms with Crippen molar-refractivity contribution in [3.8, 4) is 11.5 Å². The Bertz CT molecular complexity index is 1020. The van der Waals surface area contributed by atoms with Gasteiger partial charge in [0.1, 0.15) is 5.76 Å². The number of hydrogen-bond acceptors (Lipinski definition) is 6. The van der Waals surface area contributed by atoms with Crippen LogP contribution in [0.1, 0.15) is 34.3 Å². The van der Waals surface area contributed by atoms with Crippen LogP contribution in [-0.4, -0.2) is 24.8 Å². The number of methoxy groups -OCH3 is 1. The van der Waals surface area contributed by atoms with Crippen LogP contribution in [0.3, 0.4) is 0 Å². The molecule has 30 heavy (non-hydrogen) atoms. The molecule has 2 aromatic carbocycles. The Hall–Kier alpha value is -2.64. The predicted molar refractivity (Wildman–Crippen MR) is 118 cm³/mol. The molecule has 1 heterocycles. The summed E-state index contributed by atoms with van der Waals surface area (Å²) < 4.78 is 16.1. The lowest BCUT2D eigenvalue weighted by atomic mass is 10.1. The SMILES string of the molecule is CCOc1c(Cl)cc(CNC(=O)c2ccccc2SCc2cc(C)no2)cc1OC. The number of nitrogens with zero attached hydrogens (tertiary/aromatic N) is 1. The molecule has 1 aromatic heterocycles. The van der Waals surface area contributed by atoms with Crippen molar-refractivity contribution in [1.29, 1.82) is 0 Å². The third-order valence-electron chi connectivity index (χ3n) is 4.21. The predicted octanol–water partition coefficient (Wildman–Crippen LogP) is 5.27. The Kier molecular flexibility index (Phi) is 7.65. The fourth-order valence-electron chi connectivity index (χ4n) is 2.85. The highest BCUT2D eigenvalue weighted by Gasteiger charge is 2.15. The van der Waals surface area contributed by atoms with Crippen molar-refractivity contribution in [3.63, 3.8) is 0 Å². The molecule has 158 valence electrons. The Morgan fingerprint density at radius 2 is 2.07 bits per heavy atom. The van der Waals surface area contributed by atoms with E-state index in [1.165, 1.54) is 11.8 Å². The fourth-order valence-corrected chi connectivity index (χ4v) is 4.06. The first-order valence-corrected chi connectivity index (χ1v) is 10.8. The standard InChI is InChI=1S/C22H23ClN2O4S/c1-4-28-21-18(23)10-15(11-19(21)27-3)12-24-22(26)17-7-5-6-8-20(17)30-13-16-9-14(2)25-29-16/h5-11H,4,12-13H2,1-3H3,(H,24,26). The van der Waals surface area contributed by atoms with Gasteiger partial charge in [-0.05, 0) is 43.7 Å². The van der Waals surface area contributed by atoms with Crippen LogP contribution in [0.2, 0.25) is 5.02 Å². The van der Waals surface area contributed by atoms with Crippen LogP contribution < -0.4 is 14.8 Å². The maximum absolute atomic E-state index is 12.8. The van der Waals surface area contributed by atoms with Crippen molar-refractivity contribution < 1.29 is 18.8 Å². The number of carbonyl (C=O) groups is 1. The second kappa shape index (κ2) is 10.4. The molecule has 8 heteroatoms. The highest BCUT2D eigenvalue weighted by atomic mass is 35.5. The summed E-state index contributed by atoms with van der Waals surface area (Å²) in [6.45, 7) is 4.54. The summed E-state index contributed by atoms with van der Waals surface area (Å²) in [5, 5.41) is 7.28. The number of halogens is 1. The molecule has 0 bridgehead atoms. The first-order valence-electron chi connectivity index (χ1n) is 9.43. The topological polar surface area (TPSA) is 73.6 Å². The lowest BCUT2D eigenvalue weighted by Crippen LogP contribution is -2.23. The van der Waals surface area contributed by atoms with Gasteiger partial charge in [-0.15, -0.1) is 11.8 Å². The summed E-state index contributed by atoms with van der Waals surface area (Å²) in [7, 11) is 1.56. The Morgan fingerprint density at radius 3 is 2.77 bits per heavy atom. The highest BCUT2D eigenvalue weighted by Crippen LogP contribution is 2.36. The Balaban J connectivity index is 1.68. The van der Waals surface area contributed by atoms with Crippen molar-refractivity contribution in [1.82, 2.24) is 10.5 Å². The molecule has 6 nitrogen and oxygen atoms in total. The molecule has 0 fully saturated rings. The average Bonchev–Trinajstić information content (AvgIpc) is 3.17. The zero-order valence-electron chi connectivity index (χ0n) is 17.0. The van der Waals surface area contributed by atoms with Crippen LogP contribution in [0, 0.1) is 6.92 Å². The number of aryl methyl sites for hydroxylation is 1. The molecule has 3 aromatic rings. The molecule has 0 radical (unpaired) electrons. The third-order valence-corrected chi connectivity index (χ3v) is 5.59. The first-order chi connectivity index (χ1) is 14.5. The van der Waals surface area contributed by atoms with Crippen molar-refractivity contribution in [2.45, 2.75) is 31.0 Å². The van der Waals surface area contributed by atoms with E-state index < -0.39 is 0 Å². The minimum absolute atomic E-state index is 0.171. The smallest absolute Gasteiger partial charge is 0.252 e. The van der Waals surface area contributed by atoms with E-state index in [2.05, 4.69) is 10.5 Å². The van der Waals surface area contributed by atoms with Gasteiger partial charge in [-0.1, -0.05) is 28.9 Å². The Morgan fingerprint density at radius 1 is 1.27 bits per heavy atom. The van der Waals surface area contributed by atoms with Gasteiger partial charge in [0, 0.05) is 17.5 Å². The van der Waals surface area contributed by atoms with Gasteiger partial charge < -0.3 is 19.3 Å². The first kappa shape index (κ1) is 22.1. The van der Waals surface area contributed by atoms with Crippen molar-refractivity contribution in [3.05, 3.63) is 70.1 Å². The number of benzene rings is 2. The van der Waals surface area contributed by atoms with E-state index in [9.17, 15) is 4.79 Å². The van der Waals surface area contributed by atoms with Crippen LogP contribution in [0.25, 0.3) is 0 Å². The maximum atomic E-state index is 12.8. The summed E-state index contributed by atoms with van der Waals surface area (Å²) in [4.78, 5) is 13.7. The number of thioether (sulfide) groups is 1. The lowest BCUT2D eigenvalue weighted by Gasteiger charge is -2.14. The van der Waals surface area contributed by atoms with Crippen LogP contribution in [0.15, 0.2) is 51.9 Å². The Labute approximate surface area is 184 Å². The van der Waals surface area contributed by atoms with Gasteiger partial charge in [0.15, 0.2) is 11.5 Å². The highest BCUT2D eigenvalue weighted by molar-refractivity contribution is 7.98. The molecule has 0 saturated heterocycles.